The van der Waals surface area contributed by atoms with Gasteiger partial charge in [0.2, 0.25) is 10.0 Å². The Morgan fingerprint density at radius 1 is 0.742 bits per heavy atom. The molecule has 3 aromatic heterocycles. The van der Waals surface area contributed by atoms with Crippen molar-refractivity contribution in [1.29, 1.82) is 0 Å². The van der Waals surface area contributed by atoms with Crippen LogP contribution >= 0.6 is 0 Å². The van der Waals surface area contributed by atoms with Gasteiger partial charge in [0.15, 0.2) is 0 Å². The van der Waals surface area contributed by atoms with Crippen LogP contribution in [0.2, 0.25) is 0 Å². The van der Waals surface area contributed by atoms with Crippen LogP contribution in [-0.2, 0) is 23.1 Å². The summed E-state index contributed by atoms with van der Waals surface area (Å²) in [5, 5.41) is 0.884. The molecule has 4 aromatic rings. The van der Waals surface area contributed by atoms with Crippen molar-refractivity contribution in [3.05, 3.63) is 96.7 Å². The summed E-state index contributed by atoms with van der Waals surface area (Å²) in [5.41, 5.74) is 2.87. The van der Waals surface area contributed by atoms with E-state index in [4.69, 9.17) is 0 Å². The van der Waals surface area contributed by atoms with E-state index >= 15 is 0 Å². The number of benzene rings is 1. The van der Waals surface area contributed by atoms with Crippen LogP contribution in [0.5, 0.6) is 0 Å². The van der Waals surface area contributed by atoms with E-state index in [2.05, 4.69) is 19.7 Å². The lowest BCUT2D eigenvalue weighted by molar-refractivity contribution is 0.266. The minimum Gasteiger partial charge on any atom is -0.291 e. The monoisotopic (exact) mass is 433 g/mol. The summed E-state index contributed by atoms with van der Waals surface area (Å²) in [7, 11) is -3.58. The predicted octanol–water partition coefficient (Wildman–Crippen LogP) is 3.47. The number of pyridine rings is 3. The number of aromatic nitrogens is 3. The lowest BCUT2D eigenvalue weighted by Gasteiger charge is -2.22. The molecule has 158 valence electrons. The highest BCUT2D eigenvalue weighted by molar-refractivity contribution is 7.92. The number of sulfonamides is 1. The lowest BCUT2D eigenvalue weighted by atomic mass is 10.2. The summed E-state index contributed by atoms with van der Waals surface area (Å²) in [5.74, 6) is -0.0596. The minimum absolute atomic E-state index is 0.0596. The summed E-state index contributed by atoms with van der Waals surface area (Å²) < 4.78 is 28.4. The zero-order valence-corrected chi connectivity index (χ0v) is 17.7. The molecule has 0 saturated heterocycles. The zero-order chi connectivity index (χ0) is 21.5. The predicted molar refractivity (Wildman–Crippen MR) is 122 cm³/mol. The first-order chi connectivity index (χ1) is 15.1. The number of anilines is 1. The molecule has 0 amide bonds. The van der Waals surface area contributed by atoms with Gasteiger partial charge >= 0.3 is 0 Å². The first-order valence-electron chi connectivity index (χ1n) is 9.95. The smallest absolute Gasteiger partial charge is 0.234 e. The van der Waals surface area contributed by atoms with Crippen molar-refractivity contribution in [3.8, 4) is 0 Å². The maximum absolute atomic E-state index is 12.9. The third kappa shape index (κ3) is 5.84. The van der Waals surface area contributed by atoms with Gasteiger partial charge in [0.25, 0.3) is 0 Å². The highest BCUT2D eigenvalue weighted by Crippen LogP contribution is 2.21. The summed E-state index contributed by atoms with van der Waals surface area (Å²) in [4.78, 5) is 15.1. The van der Waals surface area contributed by atoms with Crippen molar-refractivity contribution in [2.75, 3.05) is 17.0 Å². The van der Waals surface area contributed by atoms with Crippen LogP contribution in [0.4, 0.5) is 5.69 Å². The molecule has 0 bridgehead atoms. The standard InChI is InChI=1S/C23H23N5O2S/c29-31(30,27-22-11-5-7-19-8-6-14-26-23(19)22)16-15-28(17-20-9-1-3-12-24-20)18-21-10-2-4-13-25-21/h1-14,27H,15-18H2. The van der Waals surface area contributed by atoms with Gasteiger partial charge in [-0.05, 0) is 36.4 Å². The molecule has 0 atom stereocenters. The molecule has 7 nitrogen and oxygen atoms in total. The Morgan fingerprint density at radius 3 is 2.03 bits per heavy atom. The topological polar surface area (TPSA) is 88.1 Å². The van der Waals surface area contributed by atoms with E-state index in [0.29, 0.717) is 30.8 Å². The van der Waals surface area contributed by atoms with Crippen LogP contribution in [0.3, 0.4) is 0 Å². The molecule has 4 rings (SSSR count). The number of hydrogen-bond donors (Lipinski definition) is 1. The second kappa shape index (κ2) is 9.63. The number of rotatable bonds is 9. The van der Waals surface area contributed by atoms with Gasteiger partial charge in [-0.1, -0.05) is 30.3 Å². The maximum atomic E-state index is 12.9. The fraction of sp³-hybridized carbons (Fsp3) is 0.174. The summed E-state index contributed by atoms with van der Waals surface area (Å²) in [6.45, 7) is 1.40. The van der Waals surface area contributed by atoms with Crippen LogP contribution in [0, 0.1) is 0 Å². The van der Waals surface area contributed by atoms with Gasteiger partial charge in [-0.15, -0.1) is 0 Å². The van der Waals surface area contributed by atoms with Crippen LogP contribution in [0.1, 0.15) is 11.4 Å². The van der Waals surface area contributed by atoms with Gasteiger partial charge in [-0.2, -0.15) is 0 Å². The Hall–Kier alpha value is -3.36. The molecule has 1 N–H and O–H groups in total. The van der Waals surface area contributed by atoms with Gasteiger partial charge in [0.05, 0.1) is 28.3 Å². The summed E-state index contributed by atoms with van der Waals surface area (Å²) in [6.07, 6.45) is 5.13. The molecule has 0 aliphatic rings. The van der Waals surface area contributed by atoms with E-state index in [0.717, 1.165) is 16.8 Å². The van der Waals surface area contributed by atoms with E-state index in [1.54, 1.807) is 24.7 Å². The largest absolute Gasteiger partial charge is 0.291 e. The van der Waals surface area contributed by atoms with Crippen molar-refractivity contribution < 1.29 is 8.42 Å². The second-order valence-corrected chi connectivity index (χ2v) is 9.00. The number of nitrogens with zero attached hydrogens (tertiary/aromatic N) is 4. The fourth-order valence-electron chi connectivity index (χ4n) is 3.31. The highest BCUT2D eigenvalue weighted by atomic mass is 32.2. The summed E-state index contributed by atoms with van der Waals surface area (Å²) >= 11 is 0. The first kappa shape index (κ1) is 20.9. The SMILES string of the molecule is O=S(=O)(CCN(Cc1ccccn1)Cc1ccccn1)Nc1cccc2cccnc12. The molecule has 0 fully saturated rings. The van der Waals surface area contributed by atoms with Crippen LogP contribution < -0.4 is 4.72 Å². The number of hydrogen-bond acceptors (Lipinski definition) is 6. The van der Waals surface area contributed by atoms with Crippen LogP contribution in [0.15, 0.2) is 85.3 Å². The minimum atomic E-state index is -3.58. The molecule has 0 saturated carbocycles. The maximum Gasteiger partial charge on any atom is 0.234 e. The third-order valence-corrected chi connectivity index (χ3v) is 6.05. The van der Waals surface area contributed by atoms with Crippen molar-refractivity contribution in [3.63, 3.8) is 0 Å². The molecule has 3 heterocycles. The van der Waals surface area contributed by atoms with Gasteiger partial charge in [0, 0.05) is 43.6 Å². The number of para-hydroxylation sites is 1. The average molecular weight is 434 g/mol. The van der Waals surface area contributed by atoms with Gasteiger partial charge < -0.3 is 0 Å². The Balaban J connectivity index is 1.48. The van der Waals surface area contributed by atoms with Gasteiger partial charge in [-0.3, -0.25) is 24.6 Å². The zero-order valence-electron chi connectivity index (χ0n) is 16.9. The third-order valence-electron chi connectivity index (χ3n) is 4.80. The van der Waals surface area contributed by atoms with Crippen molar-refractivity contribution in [2.45, 2.75) is 13.1 Å². The Morgan fingerprint density at radius 2 is 1.39 bits per heavy atom. The van der Waals surface area contributed by atoms with Gasteiger partial charge in [0.1, 0.15) is 0 Å². The molecule has 0 spiro atoms. The Bertz CT molecular complexity index is 1190. The second-order valence-electron chi connectivity index (χ2n) is 7.15. The van der Waals surface area contributed by atoms with Gasteiger partial charge in [-0.25, -0.2) is 8.42 Å². The Kier molecular flexibility index (Phi) is 6.49. The van der Waals surface area contributed by atoms with E-state index in [1.807, 2.05) is 65.6 Å². The first-order valence-corrected chi connectivity index (χ1v) is 11.6. The number of nitrogens with one attached hydrogen (secondary N) is 1. The molecule has 1 aromatic carbocycles. The fourth-order valence-corrected chi connectivity index (χ4v) is 4.41. The molecule has 0 unspecified atom stereocenters. The Labute approximate surface area is 181 Å². The lowest BCUT2D eigenvalue weighted by Crippen LogP contribution is -2.31. The van der Waals surface area contributed by atoms with Crippen molar-refractivity contribution >= 4 is 26.6 Å². The van der Waals surface area contributed by atoms with E-state index in [9.17, 15) is 8.42 Å². The molecule has 8 heteroatoms. The van der Waals surface area contributed by atoms with Crippen molar-refractivity contribution in [1.82, 2.24) is 19.9 Å². The molecular weight excluding hydrogens is 410 g/mol. The van der Waals surface area contributed by atoms with Crippen LogP contribution in [0.25, 0.3) is 10.9 Å². The summed E-state index contributed by atoms with van der Waals surface area (Å²) in [6, 6.07) is 20.6. The highest BCUT2D eigenvalue weighted by Gasteiger charge is 2.17. The van der Waals surface area contributed by atoms with Crippen LogP contribution in [-0.4, -0.2) is 40.6 Å². The molecule has 31 heavy (non-hydrogen) atoms. The molecule has 0 aliphatic carbocycles. The molecule has 0 aliphatic heterocycles. The quantitative estimate of drug-likeness (QED) is 0.435. The normalized spacial score (nSPS) is 11.6. The molecule has 0 radical (unpaired) electrons. The van der Waals surface area contributed by atoms with E-state index in [-0.39, 0.29) is 5.75 Å². The van der Waals surface area contributed by atoms with E-state index in [1.165, 1.54) is 0 Å². The van der Waals surface area contributed by atoms with Crippen molar-refractivity contribution in [2.24, 2.45) is 0 Å². The average Bonchev–Trinajstić information content (AvgIpc) is 2.79. The number of fused-ring (bicyclic) bond motifs is 1. The molecular formula is C23H23N5O2S. The van der Waals surface area contributed by atoms with E-state index < -0.39 is 10.0 Å².